The lowest BCUT2D eigenvalue weighted by Gasteiger charge is -2.21. The van der Waals surface area contributed by atoms with Gasteiger partial charge in [-0.25, -0.2) is 0 Å². The number of hydrogen-bond acceptors (Lipinski definition) is 2. The number of ether oxygens (including phenoxy) is 1. The first-order valence-electron chi connectivity index (χ1n) is 10.7. The smallest absolute Gasteiger partial charge is 0.252 e. The fraction of sp³-hybridized carbons (Fsp3) is 0.346. The molecular weight excluding hydrogens is 358 g/mol. The summed E-state index contributed by atoms with van der Waals surface area (Å²) in [6, 6.07) is 20.6. The highest BCUT2D eigenvalue weighted by Crippen LogP contribution is 2.48. The van der Waals surface area contributed by atoms with Gasteiger partial charge in [0, 0.05) is 5.56 Å². The Balaban J connectivity index is 1.54. The SMILES string of the molecule is CCCCCOc1ccc(C)c(C(=O)NC2(c3cccc4ccccc34)CC2)c1. The summed E-state index contributed by atoms with van der Waals surface area (Å²) in [6.45, 7) is 4.85. The van der Waals surface area contributed by atoms with Gasteiger partial charge in [0.25, 0.3) is 5.91 Å². The fourth-order valence-corrected chi connectivity index (χ4v) is 3.99. The van der Waals surface area contributed by atoms with E-state index in [1.165, 1.54) is 22.8 Å². The van der Waals surface area contributed by atoms with Gasteiger partial charge in [0.1, 0.15) is 5.75 Å². The molecule has 0 heterocycles. The molecule has 0 radical (unpaired) electrons. The predicted molar refractivity (Wildman–Crippen MR) is 119 cm³/mol. The van der Waals surface area contributed by atoms with Crippen LogP contribution >= 0.6 is 0 Å². The lowest BCUT2D eigenvalue weighted by molar-refractivity contribution is 0.0930. The maximum absolute atomic E-state index is 13.2. The van der Waals surface area contributed by atoms with Gasteiger partial charge in [-0.3, -0.25) is 4.79 Å². The molecule has 1 aliphatic carbocycles. The summed E-state index contributed by atoms with van der Waals surface area (Å²) in [7, 11) is 0. The minimum atomic E-state index is -0.262. The number of amides is 1. The quantitative estimate of drug-likeness (QED) is 0.472. The number of carbonyl (C=O) groups is 1. The van der Waals surface area contributed by atoms with Crippen molar-refractivity contribution in [2.24, 2.45) is 0 Å². The topological polar surface area (TPSA) is 38.3 Å². The van der Waals surface area contributed by atoms with Crippen LogP contribution in [0.25, 0.3) is 10.8 Å². The van der Waals surface area contributed by atoms with E-state index in [9.17, 15) is 4.79 Å². The first-order valence-corrected chi connectivity index (χ1v) is 10.7. The first kappa shape index (κ1) is 19.5. The van der Waals surface area contributed by atoms with E-state index >= 15 is 0 Å². The number of carbonyl (C=O) groups excluding carboxylic acids is 1. The monoisotopic (exact) mass is 387 g/mol. The first-order chi connectivity index (χ1) is 14.1. The summed E-state index contributed by atoms with van der Waals surface area (Å²) in [5.41, 5.74) is 2.62. The maximum atomic E-state index is 13.2. The molecule has 0 unspecified atom stereocenters. The van der Waals surface area contributed by atoms with Gasteiger partial charge in [0.15, 0.2) is 0 Å². The third-order valence-corrected chi connectivity index (χ3v) is 5.88. The molecule has 0 spiro atoms. The molecule has 0 aromatic heterocycles. The van der Waals surface area contributed by atoms with Crippen molar-refractivity contribution in [1.29, 1.82) is 0 Å². The third kappa shape index (κ3) is 4.14. The van der Waals surface area contributed by atoms with Crippen LogP contribution in [0.1, 0.15) is 60.5 Å². The molecule has 3 heteroatoms. The zero-order chi connectivity index (χ0) is 20.3. The second-order valence-electron chi connectivity index (χ2n) is 8.10. The summed E-state index contributed by atoms with van der Waals surface area (Å²) in [4.78, 5) is 13.2. The maximum Gasteiger partial charge on any atom is 0.252 e. The van der Waals surface area contributed by atoms with Crippen LogP contribution < -0.4 is 10.1 Å². The standard InChI is InChI=1S/C26H29NO2/c1-3-4-7-17-29-21-14-13-19(2)23(18-21)25(28)27-26(15-16-26)24-12-8-10-20-9-5-6-11-22(20)24/h5-6,8-14,18H,3-4,7,15-17H2,1-2H3,(H,27,28). The zero-order valence-electron chi connectivity index (χ0n) is 17.3. The van der Waals surface area contributed by atoms with Crippen LogP contribution in [0.15, 0.2) is 60.7 Å². The van der Waals surface area contributed by atoms with Crippen LogP contribution in [0.3, 0.4) is 0 Å². The van der Waals surface area contributed by atoms with Gasteiger partial charge in [-0.05, 0) is 60.2 Å². The molecular formula is C26H29NO2. The number of unbranched alkanes of at least 4 members (excludes halogenated alkanes) is 2. The van der Waals surface area contributed by atoms with Crippen molar-refractivity contribution in [2.75, 3.05) is 6.61 Å². The Kier molecular flexibility index (Phi) is 5.57. The number of benzene rings is 3. The Morgan fingerprint density at radius 3 is 2.62 bits per heavy atom. The highest BCUT2D eigenvalue weighted by molar-refractivity contribution is 5.97. The molecule has 1 aliphatic rings. The molecule has 1 amide bonds. The predicted octanol–water partition coefficient (Wildman–Crippen LogP) is 6.14. The van der Waals surface area contributed by atoms with E-state index < -0.39 is 0 Å². The number of fused-ring (bicyclic) bond motifs is 1. The van der Waals surface area contributed by atoms with Crippen LogP contribution in [0.2, 0.25) is 0 Å². The largest absolute Gasteiger partial charge is 0.494 e. The molecule has 4 rings (SSSR count). The van der Waals surface area contributed by atoms with Crippen molar-refractivity contribution in [3.63, 3.8) is 0 Å². The number of nitrogens with one attached hydrogen (secondary N) is 1. The van der Waals surface area contributed by atoms with E-state index in [4.69, 9.17) is 4.74 Å². The molecule has 3 nitrogen and oxygen atoms in total. The van der Waals surface area contributed by atoms with Crippen LogP contribution in [-0.2, 0) is 5.54 Å². The van der Waals surface area contributed by atoms with E-state index in [2.05, 4.69) is 54.7 Å². The average Bonchev–Trinajstić information content (AvgIpc) is 3.52. The van der Waals surface area contributed by atoms with Gasteiger partial charge in [-0.1, -0.05) is 68.3 Å². The highest BCUT2D eigenvalue weighted by Gasteiger charge is 2.46. The highest BCUT2D eigenvalue weighted by atomic mass is 16.5. The Bertz CT molecular complexity index is 1010. The Morgan fingerprint density at radius 2 is 1.83 bits per heavy atom. The Hall–Kier alpha value is -2.81. The van der Waals surface area contributed by atoms with Crippen molar-refractivity contribution in [3.05, 3.63) is 77.4 Å². The van der Waals surface area contributed by atoms with E-state index in [1.54, 1.807) is 0 Å². The van der Waals surface area contributed by atoms with Crippen molar-refractivity contribution in [1.82, 2.24) is 5.32 Å². The van der Waals surface area contributed by atoms with Crippen LogP contribution in [0.5, 0.6) is 5.75 Å². The van der Waals surface area contributed by atoms with Gasteiger partial charge >= 0.3 is 0 Å². The van der Waals surface area contributed by atoms with Gasteiger partial charge in [0.2, 0.25) is 0 Å². The number of hydrogen-bond donors (Lipinski definition) is 1. The van der Waals surface area contributed by atoms with E-state index in [0.717, 1.165) is 37.0 Å². The minimum absolute atomic E-state index is 0.0213. The van der Waals surface area contributed by atoms with Crippen molar-refractivity contribution < 1.29 is 9.53 Å². The molecule has 150 valence electrons. The summed E-state index contributed by atoms with van der Waals surface area (Å²) in [5, 5.41) is 5.77. The fourth-order valence-electron chi connectivity index (χ4n) is 3.99. The van der Waals surface area contributed by atoms with E-state index in [1.807, 2.05) is 25.1 Å². The van der Waals surface area contributed by atoms with Crippen molar-refractivity contribution in [2.45, 2.75) is 51.5 Å². The van der Waals surface area contributed by atoms with Crippen LogP contribution in [0.4, 0.5) is 0 Å². The van der Waals surface area contributed by atoms with Gasteiger partial charge in [0.05, 0.1) is 12.1 Å². The molecule has 0 aliphatic heterocycles. The summed E-state index contributed by atoms with van der Waals surface area (Å²) in [6.07, 6.45) is 5.31. The molecule has 1 fully saturated rings. The molecule has 3 aromatic carbocycles. The lowest BCUT2D eigenvalue weighted by atomic mass is 9.96. The molecule has 0 bridgehead atoms. The zero-order valence-corrected chi connectivity index (χ0v) is 17.3. The molecule has 0 atom stereocenters. The normalized spacial score (nSPS) is 14.6. The Labute approximate surface area is 173 Å². The second-order valence-corrected chi connectivity index (χ2v) is 8.10. The number of aryl methyl sites for hydroxylation is 1. The lowest BCUT2D eigenvalue weighted by Crippen LogP contribution is -2.35. The van der Waals surface area contributed by atoms with Gasteiger partial charge in [-0.2, -0.15) is 0 Å². The Morgan fingerprint density at radius 1 is 1.03 bits per heavy atom. The second kappa shape index (κ2) is 8.28. The van der Waals surface area contributed by atoms with Crippen molar-refractivity contribution in [3.8, 4) is 5.75 Å². The van der Waals surface area contributed by atoms with Gasteiger partial charge < -0.3 is 10.1 Å². The van der Waals surface area contributed by atoms with Crippen molar-refractivity contribution >= 4 is 16.7 Å². The molecule has 29 heavy (non-hydrogen) atoms. The molecule has 1 saturated carbocycles. The van der Waals surface area contributed by atoms with E-state index in [-0.39, 0.29) is 11.4 Å². The van der Waals surface area contributed by atoms with Gasteiger partial charge in [-0.15, -0.1) is 0 Å². The molecule has 1 N–H and O–H groups in total. The summed E-state index contributed by atoms with van der Waals surface area (Å²) >= 11 is 0. The summed E-state index contributed by atoms with van der Waals surface area (Å²) in [5.74, 6) is 0.749. The van der Waals surface area contributed by atoms with Crippen LogP contribution in [-0.4, -0.2) is 12.5 Å². The van der Waals surface area contributed by atoms with E-state index in [0.29, 0.717) is 12.2 Å². The summed E-state index contributed by atoms with van der Waals surface area (Å²) < 4.78 is 5.86. The molecule has 0 saturated heterocycles. The van der Waals surface area contributed by atoms with Crippen LogP contribution in [0, 0.1) is 6.92 Å². The number of rotatable bonds is 8. The average molecular weight is 388 g/mol. The minimum Gasteiger partial charge on any atom is -0.494 e. The molecule has 3 aromatic rings. The third-order valence-electron chi connectivity index (χ3n) is 5.88.